The molecule has 1 saturated heterocycles. The number of aromatic nitrogens is 4. The Morgan fingerprint density at radius 3 is 2.23 bits per heavy atom. The fourth-order valence-corrected chi connectivity index (χ4v) is 3.49. The smallest absolute Gasteiger partial charge is 0.223 e. The monoisotopic (exact) mass is 424 g/mol. The summed E-state index contributed by atoms with van der Waals surface area (Å²) in [5.74, 6) is 1.43. The van der Waals surface area contributed by atoms with Gasteiger partial charge in [0, 0.05) is 62.0 Å². The first kappa shape index (κ1) is 20.0. The number of imidazole rings is 1. The summed E-state index contributed by atoms with van der Waals surface area (Å²) in [4.78, 5) is 32.7. The van der Waals surface area contributed by atoms with E-state index in [0.717, 1.165) is 5.82 Å². The molecule has 0 N–H and O–H groups in total. The summed E-state index contributed by atoms with van der Waals surface area (Å²) in [5, 5.41) is 9.12. The number of hydrogen-bond acceptors (Lipinski definition) is 6. The predicted molar refractivity (Wildman–Crippen MR) is 113 cm³/mol. The number of ketones is 1. The quantitative estimate of drug-likeness (QED) is 0.565. The Morgan fingerprint density at radius 2 is 1.60 bits per heavy atom. The summed E-state index contributed by atoms with van der Waals surface area (Å²) in [6, 6.07) is 10.6. The number of Topliss-reactive ketones (excluding diaryl/α,β-unsaturated/α-hetero) is 1. The van der Waals surface area contributed by atoms with E-state index in [1.807, 2.05) is 18.3 Å². The lowest BCUT2D eigenvalue weighted by Crippen LogP contribution is -2.49. The van der Waals surface area contributed by atoms with Crippen LogP contribution in [-0.2, 0) is 4.79 Å². The molecular weight excluding hydrogens is 404 g/mol. The number of carbonyl (C=O) groups is 2. The van der Waals surface area contributed by atoms with Gasteiger partial charge in [0.05, 0.1) is 0 Å². The molecule has 0 atom stereocenters. The normalized spacial score (nSPS) is 14.0. The average Bonchev–Trinajstić information content (AvgIpc) is 3.33. The largest absolute Gasteiger partial charge is 0.352 e. The van der Waals surface area contributed by atoms with Crippen molar-refractivity contribution in [3.05, 3.63) is 65.7 Å². The van der Waals surface area contributed by atoms with Crippen LogP contribution in [0, 0.1) is 0 Å². The van der Waals surface area contributed by atoms with Crippen LogP contribution in [-0.4, -0.2) is 62.5 Å². The molecule has 2 aromatic heterocycles. The maximum atomic E-state index is 12.5. The van der Waals surface area contributed by atoms with E-state index in [-0.39, 0.29) is 24.5 Å². The molecule has 1 aliphatic rings. The zero-order valence-electron chi connectivity index (χ0n) is 16.3. The molecule has 154 valence electrons. The topological polar surface area (TPSA) is 84.2 Å². The van der Waals surface area contributed by atoms with Crippen LogP contribution in [0.1, 0.15) is 23.2 Å². The standard InChI is InChI=1S/C21H21ClN6O2/c22-17-3-1-16(2-4-17)18(29)5-8-21(30)27-13-11-26(12-14-27)19-6-7-20(25-24-19)28-10-9-23-15-28/h1-4,6-7,9-10,15H,5,8,11-14H2. The molecule has 9 heteroatoms. The minimum Gasteiger partial charge on any atom is -0.352 e. The number of amides is 1. The second-order valence-corrected chi connectivity index (χ2v) is 7.45. The predicted octanol–water partition coefficient (Wildman–Crippen LogP) is 2.63. The molecule has 0 aliphatic carbocycles. The van der Waals surface area contributed by atoms with Gasteiger partial charge in [-0.3, -0.25) is 14.2 Å². The number of piperazine rings is 1. The molecular formula is C21H21ClN6O2. The highest BCUT2D eigenvalue weighted by Gasteiger charge is 2.22. The van der Waals surface area contributed by atoms with E-state index in [0.29, 0.717) is 42.6 Å². The van der Waals surface area contributed by atoms with Crippen LogP contribution < -0.4 is 4.90 Å². The highest BCUT2D eigenvalue weighted by molar-refractivity contribution is 6.30. The number of benzene rings is 1. The summed E-state index contributed by atoms with van der Waals surface area (Å²) in [6.45, 7) is 2.55. The van der Waals surface area contributed by atoms with Gasteiger partial charge in [-0.25, -0.2) is 4.98 Å². The van der Waals surface area contributed by atoms with E-state index >= 15 is 0 Å². The molecule has 0 spiro atoms. The van der Waals surface area contributed by atoms with Crippen LogP contribution in [0.3, 0.4) is 0 Å². The van der Waals surface area contributed by atoms with Crippen LogP contribution >= 0.6 is 11.6 Å². The third-order valence-electron chi connectivity index (χ3n) is 5.09. The van der Waals surface area contributed by atoms with Gasteiger partial charge in [0.1, 0.15) is 6.33 Å². The number of halogens is 1. The third kappa shape index (κ3) is 4.65. The Balaban J connectivity index is 1.26. The molecule has 1 amide bonds. The van der Waals surface area contributed by atoms with Gasteiger partial charge < -0.3 is 9.80 Å². The van der Waals surface area contributed by atoms with Gasteiger partial charge in [-0.15, -0.1) is 10.2 Å². The molecule has 1 fully saturated rings. The average molecular weight is 425 g/mol. The van der Waals surface area contributed by atoms with Crippen LogP contribution in [0.25, 0.3) is 5.82 Å². The van der Waals surface area contributed by atoms with Crippen molar-refractivity contribution < 1.29 is 9.59 Å². The maximum Gasteiger partial charge on any atom is 0.223 e. The van der Waals surface area contributed by atoms with Crippen molar-refractivity contribution in [3.63, 3.8) is 0 Å². The minimum atomic E-state index is -0.0492. The fourth-order valence-electron chi connectivity index (χ4n) is 3.36. The minimum absolute atomic E-state index is 0.00139. The molecule has 0 unspecified atom stereocenters. The van der Waals surface area contributed by atoms with E-state index in [2.05, 4.69) is 20.1 Å². The number of carbonyl (C=O) groups excluding carboxylic acids is 2. The van der Waals surface area contributed by atoms with Gasteiger partial charge in [-0.1, -0.05) is 11.6 Å². The van der Waals surface area contributed by atoms with Crippen LogP contribution in [0.15, 0.2) is 55.1 Å². The van der Waals surface area contributed by atoms with Crippen LogP contribution in [0.4, 0.5) is 5.82 Å². The molecule has 0 saturated carbocycles. The number of rotatable bonds is 6. The Labute approximate surface area is 179 Å². The summed E-state index contributed by atoms with van der Waals surface area (Å²) in [6.07, 6.45) is 5.58. The summed E-state index contributed by atoms with van der Waals surface area (Å²) in [5.41, 5.74) is 0.578. The van der Waals surface area contributed by atoms with Crippen molar-refractivity contribution in [2.45, 2.75) is 12.8 Å². The van der Waals surface area contributed by atoms with E-state index in [9.17, 15) is 9.59 Å². The maximum absolute atomic E-state index is 12.5. The fraction of sp³-hybridized carbons (Fsp3) is 0.286. The Morgan fingerprint density at radius 1 is 0.900 bits per heavy atom. The first-order valence-electron chi connectivity index (χ1n) is 9.74. The molecule has 3 heterocycles. The number of nitrogens with zero attached hydrogens (tertiary/aromatic N) is 6. The molecule has 0 bridgehead atoms. The summed E-state index contributed by atoms with van der Waals surface area (Å²) in [7, 11) is 0. The highest BCUT2D eigenvalue weighted by atomic mass is 35.5. The van der Waals surface area contributed by atoms with E-state index in [1.54, 1.807) is 46.3 Å². The molecule has 3 aromatic rings. The van der Waals surface area contributed by atoms with Crippen LogP contribution in [0.2, 0.25) is 5.02 Å². The lowest BCUT2D eigenvalue weighted by molar-refractivity contribution is -0.131. The molecule has 4 rings (SSSR count). The Hall–Kier alpha value is -3.26. The SMILES string of the molecule is O=C(CCC(=O)N1CCN(c2ccc(-n3ccnc3)nn2)CC1)c1ccc(Cl)cc1. The first-order valence-corrected chi connectivity index (χ1v) is 10.1. The Bertz CT molecular complexity index is 997. The molecule has 1 aliphatic heterocycles. The van der Waals surface area contributed by atoms with E-state index in [4.69, 9.17) is 11.6 Å². The van der Waals surface area contributed by atoms with Gasteiger partial charge in [0.25, 0.3) is 0 Å². The summed E-state index contributed by atoms with van der Waals surface area (Å²) < 4.78 is 1.79. The van der Waals surface area contributed by atoms with Crippen molar-refractivity contribution in [1.29, 1.82) is 0 Å². The number of hydrogen-bond donors (Lipinski definition) is 0. The first-order chi connectivity index (χ1) is 14.6. The molecule has 0 radical (unpaired) electrons. The summed E-state index contributed by atoms with van der Waals surface area (Å²) >= 11 is 5.84. The second kappa shape index (κ2) is 9.04. The van der Waals surface area contributed by atoms with Crippen LogP contribution in [0.5, 0.6) is 0 Å². The zero-order chi connectivity index (χ0) is 20.9. The lowest BCUT2D eigenvalue weighted by Gasteiger charge is -2.35. The highest BCUT2D eigenvalue weighted by Crippen LogP contribution is 2.16. The van der Waals surface area contributed by atoms with Gasteiger partial charge in [-0.2, -0.15) is 0 Å². The second-order valence-electron chi connectivity index (χ2n) is 7.02. The van der Waals surface area contributed by atoms with E-state index < -0.39 is 0 Å². The lowest BCUT2D eigenvalue weighted by atomic mass is 10.1. The van der Waals surface area contributed by atoms with Crippen molar-refractivity contribution in [1.82, 2.24) is 24.6 Å². The molecule has 8 nitrogen and oxygen atoms in total. The van der Waals surface area contributed by atoms with Crippen molar-refractivity contribution in [3.8, 4) is 5.82 Å². The van der Waals surface area contributed by atoms with Crippen molar-refractivity contribution in [2.75, 3.05) is 31.1 Å². The molecule has 1 aromatic carbocycles. The van der Waals surface area contributed by atoms with Gasteiger partial charge in [0.15, 0.2) is 17.4 Å². The number of anilines is 1. The van der Waals surface area contributed by atoms with Gasteiger partial charge >= 0.3 is 0 Å². The van der Waals surface area contributed by atoms with E-state index in [1.165, 1.54) is 0 Å². The zero-order valence-corrected chi connectivity index (χ0v) is 17.1. The van der Waals surface area contributed by atoms with Gasteiger partial charge in [-0.05, 0) is 36.4 Å². The molecule has 30 heavy (non-hydrogen) atoms. The Kier molecular flexibility index (Phi) is 6.04. The third-order valence-corrected chi connectivity index (χ3v) is 5.35. The van der Waals surface area contributed by atoms with Gasteiger partial charge in [0.2, 0.25) is 5.91 Å². The van der Waals surface area contributed by atoms with Crippen molar-refractivity contribution in [2.24, 2.45) is 0 Å². The van der Waals surface area contributed by atoms with Crippen molar-refractivity contribution >= 4 is 29.1 Å².